The van der Waals surface area contributed by atoms with Gasteiger partial charge in [-0.2, -0.15) is 0 Å². The molecule has 2 nitrogen and oxygen atoms in total. The molecule has 1 atom stereocenters. The molecular formula is C17H24F2N2. The van der Waals surface area contributed by atoms with Gasteiger partial charge in [0.1, 0.15) is 0 Å². The van der Waals surface area contributed by atoms with Crippen LogP contribution in [0.5, 0.6) is 0 Å². The Balaban J connectivity index is 1.71. The Morgan fingerprint density at radius 2 is 1.95 bits per heavy atom. The molecule has 1 aromatic carbocycles. The molecule has 116 valence electrons. The van der Waals surface area contributed by atoms with E-state index < -0.39 is 11.6 Å². The monoisotopic (exact) mass is 294 g/mol. The molecule has 1 unspecified atom stereocenters. The van der Waals surface area contributed by atoms with E-state index in [2.05, 4.69) is 17.1 Å². The van der Waals surface area contributed by atoms with E-state index in [1.807, 2.05) is 0 Å². The molecule has 1 spiro atoms. The molecular weight excluding hydrogens is 270 g/mol. The van der Waals surface area contributed by atoms with Crippen molar-refractivity contribution >= 4 is 0 Å². The number of hydrogen-bond acceptors (Lipinski definition) is 2. The van der Waals surface area contributed by atoms with Crippen molar-refractivity contribution in [1.29, 1.82) is 0 Å². The molecule has 1 saturated carbocycles. The fourth-order valence-corrected chi connectivity index (χ4v) is 3.74. The lowest BCUT2D eigenvalue weighted by molar-refractivity contribution is 0.0572. The maximum absolute atomic E-state index is 13.4. The summed E-state index contributed by atoms with van der Waals surface area (Å²) >= 11 is 0. The molecule has 1 aliphatic heterocycles. The van der Waals surface area contributed by atoms with Gasteiger partial charge in [0.05, 0.1) is 0 Å². The van der Waals surface area contributed by atoms with Crippen LogP contribution in [0.2, 0.25) is 0 Å². The Hall–Kier alpha value is -1.00. The summed E-state index contributed by atoms with van der Waals surface area (Å²) in [5.74, 6) is -1.52. The van der Waals surface area contributed by atoms with Crippen LogP contribution in [0.1, 0.15) is 44.6 Å². The van der Waals surface area contributed by atoms with Crippen molar-refractivity contribution in [2.75, 3.05) is 13.1 Å². The van der Waals surface area contributed by atoms with Crippen LogP contribution < -0.4 is 5.32 Å². The summed E-state index contributed by atoms with van der Waals surface area (Å²) < 4.78 is 26.4. The third-order valence-electron chi connectivity index (χ3n) is 5.08. The fraction of sp³-hybridized carbons (Fsp3) is 0.647. The molecule has 1 N–H and O–H groups in total. The molecule has 0 aromatic heterocycles. The second-order valence-corrected chi connectivity index (χ2v) is 6.72. The SMILES string of the molecule is CC1CNC2(CCCCC2)CN1Cc1ccc(F)c(F)c1. The largest absolute Gasteiger partial charge is 0.308 e. The van der Waals surface area contributed by atoms with E-state index in [0.717, 1.165) is 18.7 Å². The molecule has 1 aromatic rings. The van der Waals surface area contributed by atoms with Gasteiger partial charge < -0.3 is 5.32 Å². The molecule has 0 radical (unpaired) electrons. The molecule has 3 rings (SSSR count). The van der Waals surface area contributed by atoms with Gasteiger partial charge in [0, 0.05) is 31.2 Å². The van der Waals surface area contributed by atoms with Crippen molar-refractivity contribution in [2.24, 2.45) is 0 Å². The van der Waals surface area contributed by atoms with Gasteiger partial charge in [-0.25, -0.2) is 8.78 Å². The van der Waals surface area contributed by atoms with Crippen molar-refractivity contribution in [3.05, 3.63) is 35.4 Å². The van der Waals surface area contributed by atoms with Crippen LogP contribution in [-0.2, 0) is 6.54 Å². The van der Waals surface area contributed by atoms with Gasteiger partial charge in [0.2, 0.25) is 0 Å². The second-order valence-electron chi connectivity index (χ2n) is 6.72. The minimum atomic E-state index is -0.768. The number of benzene rings is 1. The summed E-state index contributed by atoms with van der Waals surface area (Å²) in [5.41, 5.74) is 1.09. The zero-order valence-corrected chi connectivity index (χ0v) is 12.7. The van der Waals surface area contributed by atoms with Crippen LogP contribution in [-0.4, -0.2) is 29.6 Å². The van der Waals surface area contributed by atoms with Crippen LogP contribution in [0.25, 0.3) is 0 Å². The van der Waals surface area contributed by atoms with Crippen LogP contribution >= 0.6 is 0 Å². The maximum atomic E-state index is 13.4. The average molecular weight is 294 g/mol. The third kappa shape index (κ3) is 3.27. The summed E-state index contributed by atoms with van der Waals surface area (Å²) in [5, 5.41) is 3.74. The van der Waals surface area contributed by atoms with E-state index in [-0.39, 0.29) is 5.54 Å². The predicted octanol–water partition coefficient (Wildman–Crippen LogP) is 3.46. The second kappa shape index (κ2) is 6.01. The van der Waals surface area contributed by atoms with E-state index in [9.17, 15) is 8.78 Å². The minimum Gasteiger partial charge on any atom is -0.308 e. The summed E-state index contributed by atoms with van der Waals surface area (Å²) in [6, 6.07) is 4.68. The van der Waals surface area contributed by atoms with E-state index in [0.29, 0.717) is 12.6 Å². The minimum absolute atomic E-state index is 0.239. The molecule has 0 bridgehead atoms. The molecule has 1 aliphatic carbocycles. The summed E-state index contributed by atoms with van der Waals surface area (Å²) in [6.45, 7) is 4.88. The van der Waals surface area contributed by atoms with Gasteiger partial charge in [-0.15, -0.1) is 0 Å². The zero-order valence-electron chi connectivity index (χ0n) is 12.7. The molecule has 21 heavy (non-hydrogen) atoms. The fourth-order valence-electron chi connectivity index (χ4n) is 3.74. The van der Waals surface area contributed by atoms with E-state index in [1.165, 1.54) is 44.2 Å². The number of nitrogens with zero attached hydrogens (tertiary/aromatic N) is 1. The van der Waals surface area contributed by atoms with Gasteiger partial charge >= 0.3 is 0 Å². The van der Waals surface area contributed by atoms with E-state index in [1.54, 1.807) is 6.07 Å². The first kappa shape index (κ1) is 14.9. The number of piperazine rings is 1. The molecule has 1 saturated heterocycles. The summed E-state index contributed by atoms with van der Waals surface area (Å²) in [4.78, 5) is 2.41. The first-order chi connectivity index (χ1) is 10.1. The van der Waals surface area contributed by atoms with Crippen LogP contribution in [0, 0.1) is 11.6 Å². The number of nitrogens with one attached hydrogen (secondary N) is 1. The highest BCUT2D eigenvalue weighted by Gasteiger charge is 2.38. The predicted molar refractivity (Wildman–Crippen MR) is 80.0 cm³/mol. The highest BCUT2D eigenvalue weighted by Crippen LogP contribution is 2.32. The van der Waals surface area contributed by atoms with Crippen molar-refractivity contribution in [1.82, 2.24) is 10.2 Å². The Morgan fingerprint density at radius 3 is 2.67 bits per heavy atom. The Labute approximate surface area is 125 Å². The number of hydrogen-bond donors (Lipinski definition) is 1. The maximum Gasteiger partial charge on any atom is 0.159 e. The van der Waals surface area contributed by atoms with E-state index in [4.69, 9.17) is 0 Å². The number of rotatable bonds is 2. The first-order valence-corrected chi connectivity index (χ1v) is 8.01. The molecule has 0 amide bonds. The van der Waals surface area contributed by atoms with Crippen LogP contribution in [0.15, 0.2) is 18.2 Å². The van der Waals surface area contributed by atoms with Gasteiger partial charge in [0.25, 0.3) is 0 Å². The zero-order chi connectivity index (χ0) is 14.9. The van der Waals surface area contributed by atoms with Crippen LogP contribution in [0.3, 0.4) is 0 Å². The van der Waals surface area contributed by atoms with Gasteiger partial charge in [-0.1, -0.05) is 25.3 Å². The average Bonchev–Trinajstić information content (AvgIpc) is 2.48. The normalized spacial score (nSPS) is 26.1. The lowest BCUT2D eigenvalue weighted by Crippen LogP contribution is -2.63. The molecule has 2 fully saturated rings. The lowest BCUT2D eigenvalue weighted by Gasteiger charge is -2.49. The van der Waals surface area contributed by atoms with Gasteiger partial charge in [-0.05, 0) is 37.5 Å². The first-order valence-electron chi connectivity index (χ1n) is 8.01. The van der Waals surface area contributed by atoms with Crippen molar-refractivity contribution < 1.29 is 8.78 Å². The highest BCUT2D eigenvalue weighted by molar-refractivity contribution is 5.18. The number of halogens is 2. The Bertz CT molecular complexity index is 498. The molecule has 2 aliphatic rings. The topological polar surface area (TPSA) is 15.3 Å². The Morgan fingerprint density at radius 1 is 1.19 bits per heavy atom. The quantitative estimate of drug-likeness (QED) is 0.898. The molecule has 4 heteroatoms. The van der Waals surface area contributed by atoms with Crippen molar-refractivity contribution in [3.8, 4) is 0 Å². The summed E-state index contributed by atoms with van der Waals surface area (Å²) in [7, 11) is 0. The van der Waals surface area contributed by atoms with E-state index >= 15 is 0 Å². The van der Waals surface area contributed by atoms with Crippen LogP contribution in [0.4, 0.5) is 8.78 Å². The summed E-state index contributed by atoms with van der Waals surface area (Å²) in [6.07, 6.45) is 6.38. The van der Waals surface area contributed by atoms with Gasteiger partial charge in [-0.3, -0.25) is 4.90 Å². The van der Waals surface area contributed by atoms with Crippen molar-refractivity contribution in [2.45, 2.75) is 57.2 Å². The van der Waals surface area contributed by atoms with Crippen molar-refractivity contribution in [3.63, 3.8) is 0 Å². The third-order valence-corrected chi connectivity index (χ3v) is 5.08. The van der Waals surface area contributed by atoms with Gasteiger partial charge in [0.15, 0.2) is 11.6 Å². The molecule has 1 heterocycles. The Kier molecular flexibility index (Phi) is 4.27. The standard InChI is InChI=1S/C17H24F2N2/c1-13-10-20-17(7-3-2-4-8-17)12-21(13)11-14-5-6-15(18)16(19)9-14/h5-6,9,13,20H,2-4,7-8,10-12H2,1H3. The highest BCUT2D eigenvalue weighted by atomic mass is 19.2. The smallest absolute Gasteiger partial charge is 0.159 e. The lowest BCUT2D eigenvalue weighted by atomic mass is 9.79.